The van der Waals surface area contributed by atoms with E-state index >= 15 is 0 Å². The van der Waals surface area contributed by atoms with E-state index in [2.05, 4.69) is 48.4 Å². The minimum Gasteiger partial charge on any atom is -0.362 e. The standard InChI is InChI=1S/C12H17BrN6/c1-3-4-15-12-17-7-9(13)11(18-12)16-8-10-14-5-6-19(10)2/h5-7H,3-4,8H2,1-2H3,(H2,15,16,17,18). The highest BCUT2D eigenvalue weighted by atomic mass is 79.9. The monoisotopic (exact) mass is 324 g/mol. The van der Waals surface area contributed by atoms with E-state index in [-0.39, 0.29) is 0 Å². The maximum absolute atomic E-state index is 4.42. The summed E-state index contributed by atoms with van der Waals surface area (Å²) in [5.41, 5.74) is 0. The van der Waals surface area contributed by atoms with Crippen molar-refractivity contribution in [2.75, 3.05) is 17.2 Å². The maximum atomic E-state index is 4.42. The van der Waals surface area contributed by atoms with E-state index in [1.54, 1.807) is 12.4 Å². The van der Waals surface area contributed by atoms with Gasteiger partial charge in [0.15, 0.2) is 0 Å². The maximum Gasteiger partial charge on any atom is 0.224 e. The third-order valence-electron chi connectivity index (χ3n) is 2.61. The largest absolute Gasteiger partial charge is 0.362 e. The summed E-state index contributed by atoms with van der Waals surface area (Å²) >= 11 is 3.44. The summed E-state index contributed by atoms with van der Waals surface area (Å²) in [6.45, 7) is 3.58. The summed E-state index contributed by atoms with van der Waals surface area (Å²) in [4.78, 5) is 12.9. The van der Waals surface area contributed by atoms with E-state index in [9.17, 15) is 0 Å². The molecule has 0 aliphatic rings. The molecule has 2 rings (SSSR count). The average Bonchev–Trinajstić information content (AvgIpc) is 2.82. The van der Waals surface area contributed by atoms with Gasteiger partial charge in [0.1, 0.15) is 11.6 Å². The fourth-order valence-corrected chi connectivity index (χ4v) is 1.87. The van der Waals surface area contributed by atoms with Crippen LogP contribution >= 0.6 is 15.9 Å². The summed E-state index contributed by atoms with van der Waals surface area (Å²) < 4.78 is 2.81. The van der Waals surface area contributed by atoms with Gasteiger partial charge in [-0.25, -0.2) is 9.97 Å². The van der Waals surface area contributed by atoms with Crippen LogP contribution in [0.15, 0.2) is 23.1 Å². The van der Waals surface area contributed by atoms with Crippen molar-refractivity contribution in [2.45, 2.75) is 19.9 Å². The highest BCUT2D eigenvalue weighted by Crippen LogP contribution is 2.20. The predicted octanol–water partition coefficient (Wildman–Crippen LogP) is 2.41. The Kier molecular flexibility index (Phi) is 4.73. The number of nitrogens with one attached hydrogen (secondary N) is 2. The molecule has 0 bridgehead atoms. The molecule has 0 saturated carbocycles. The van der Waals surface area contributed by atoms with Gasteiger partial charge in [0.2, 0.25) is 5.95 Å². The van der Waals surface area contributed by atoms with Crippen molar-refractivity contribution in [1.82, 2.24) is 19.5 Å². The summed E-state index contributed by atoms with van der Waals surface area (Å²) in [5, 5.41) is 6.41. The lowest BCUT2D eigenvalue weighted by Crippen LogP contribution is -2.10. The van der Waals surface area contributed by atoms with Crippen LogP contribution in [-0.2, 0) is 13.6 Å². The number of hydrogen-bond donors (Lipinski definition) is 2. The Hall–Kier alpha value is -1.63. The molecule has 0 spiro atoms. The number of rotatable bonds is 6. The number of aromatic nitrogens is 4. The minimum absolute atomic E-state index is 0.617. The van der Waals surface area contributed by atoms with Crippen LogP contribution in [0.25, 0.3) is 0 Å². The highest BCUT2D eigenvalue weighted by molar-refractivity contribution is 9.10. The first-order valence-corrected chi connectivity index (χ1v) is 6.96. The minimum atomic E-state index is 0.617. The predicted molar refractivity (Wildman–Crippen MR) is 79.0 cm³/mol. The Morgan fingerprint density at radius 2 is 2.16 bits per heavy atom. The molecule has 0 atom stereocenters. The van der Waals surface area contributed by atoms with Crippen molar-refractivity contribution >= 4 is 27.7 Å². The summed E-state index contributed by atoms with van der Waals surface area (Å²) in [5.74, 6) is 2.34. The Balaban J connectivity index is 2.04. The fourth-order valence-electron chi connectivity index (χ4n) is 1.54. The van der Waals surface area contributed by atoms with Crippen molar-refractivity contribution in [2.24, 2.45) is 7.05 Å². The van der Waals surface area contributed by atoms with Gasteiger partial charge in [0.05, 0.1) is 11.0 Å². The lowest BCUT2D eigenvalue weighted by atomic mass is 10.5. The molecule has 0 radical (unpaired) electrons. The summed E-state index contributed by atoms with van der Waals surface area (Å²) in [6, 6.07) is 0. The molecule has 0 aliphatic carbocycles. The van der Waals surface area contributed by atoms with Crippen molar-refractivity contribution in [3.8, 4) is 0 Å². The number of hydrogen-bond acceptors (Lipinski definition) is 5. The molecule has 102 valence electrons. The number of aryl methyl sites for hydroxylation is 1. The van der Waals surface area contributed by atoms with Crippen LogP contribution in [0.4, 0.5) is 11.8 Å². The third-order valence-corrected chi connectivity index (χ3v) is 3.19. The molecule has 0 fully saturated rings. The first-order valence-electron chi connectivity index (χ1n) is 6.17. The van der Waals surface area contributed by atoms with Gasteiger partial charge in [-0.1, -0.05) is 6.92 Å². The number of anilines is 2. The number of nitrogens with zero attached hydrogens (tertiary/aromatic N) is 4. The van der Waals surface area contributed by atoms with Gasteiger partial charge in [-0.2, -0.15) is 4.98 Å². The number of imidazole rings is 1. The fraction of sp³-hybridized carbons (Fsp3) is 0.417. The van der Waals surface area contributed by atoms with E-state index in [0.29, 0.717) is 12.5 Å². The van der Waals surface area contributed by atoms with Gasteiger partial charge < -0.3 is 15.2 Å². The molecule has 0 aromatic carbocycles. The van der Waals surface area contributed by atoms with Crippen LogP contribution < -0.4 is 10.6 Å². The van der Waals surface area contributed by atoms with E-state index in [1.807, 2.05) is 17.8 Å². The zero-order valence-corrected chi connectivity index (χ0v) is 12.6. The van der Waals surface area contributed by atoms with Crippen molar-refractivity contribution in [3.63, 3.8) is 0 Å². The highest BCUT2D eigenvalue weighted by Gasteiger charge is 2.06. The van der Waals surface area contributed by atoms with E-state index in [1.165, 1.54) is 0 Å². The second kappa shape index (κ2) is 6.51. The first-order chi connectivity index (χ1) is 9.20. The SMILES string of the molecule is CCCNc1ncc(Br)c(NCc2nccn2C)n1. The molecule has 0 amide bonds. The Morgan fingerprint density at radius 3 is 2.84 bits per heavy atom. The van der Waals surface area contributed by atoms with Gasteiger partial charge in [-0.15, -0.1) is 0 Å². The molecule has 2 N–H and O–H groups in total. The van der Waals surface area contributed by atoms with Crippen LogP contribution in [0.3, 0.4) is 0 Å². The van der Waals surface area contributed by atoms with Gasteiger partial charge in [-0.3, -0.25) is 0 Å². The van der Waals surface area contributed by atoms with Crippen LogP contribution in [0.1, 0.15) is 19.2 Å². The first kappa shape index (κ1) is 13.8. The Bertz CT molecular complexity index is 539. The van der Waals surface area contributed by atoms with Crippen LogP contribution in [0.2, 0.25) is 0 Å². The van der Waals surface area contributed by atoms with Crippen LogP contribution in [0.5, 0.6) is 0 Å². The molecule has 7 heteroatoms. The third kappa shape index (κ3) is 3.66. The lowest BCUT2D eigenvalue weighted by molar-refractivity contribution is 0.810. The second-order valence-corrected chi connectivity index (χ2v) is 4.98. The van der Waals surface area contributed by atoms with Gasteiger partial charge in [-0.05, 0) is 22.4 Å². The van der Waals surface area contributed by atoms with Crippen LogP contribution in [-0.4, -0.2) is 26.1 Å². The van der Waals surface area contributed by atoms with Crippen molar-refractivity contribution in [3.05, 3.63) is 28.9 Å². The van der Waals surface area contributed by atoms with Gasteiger partial charge in [0.25, 0.3) is 0 Å². The molecule has 0 saturated heterocycles. The molecule has 2 aromatic rings. The lowest BCUT2D eigenvalue weighted by Gasteiger charge is -2.09. The van der Waals surface area contributed by atoms with Gasteiger partial charge >= 0.3 is 0 Å². The molecule has 0 unspecified atom stereocenters. The molecule has 2 aromatic heterocycles. The van der Waals surface area contributed by atoms with E-state index in [4.69, 9.17) is 0 Å². The molecule has 19 heavy (non-hydrogen) atoms. The zero-order chi connectivity index (χ0) is 13.7. The Labute approximate surface area is 120 Å². The quantitative estimate of drug-likeness (QED) is 0.854. The van der Waals surface area contributed by atoms with E-state index < -0.39 is 0 Å². The average molecular weight is 325 g/mol. The molecule has 0 aliphatic heterocycles. The second-order valence-electron chi connectivity index (χ2n) is 4.12. The summed E-state index contributed by atoms with van der Waals surface area (Å²) in [6.07, 6.45) is 6.47. The normalized spacial score (nSPS) is 10.5. The molecular weight excluding hydrogens is 308 g/mol. The Morgan fingerprint density at radius 1 is 1.32 bits per heavy atom. The van der Waals surface area contributed by atoms with Crippen molar-refractivity contribution in [1.29, 1.82) is 0 Å². The topological polar surface area (TPSA) is 67.7 Å². The van der Waals surface area contributed by atoms with Crippen LogP contribution in [0, 0.1) is 0 Å². The van der Waals surface area contributed by atoms with Crippen molar-refractivity contribution < 1.29 is 0 Å². The number of halogens is 1. The summed E-state index contributed by atoms with van der Waals surface area (Å²) in [7, 11) is 1.97. The van der Waals surface area contributed by atoms with E-state index in [0.717, 1.165) is 29.1 Å². The molecule has 2 heterocycles. The smallest absolute Gasteiger partial charge is 0.224 e. The zero-order valence-electron chi connectivity index (χ0n) is 11.0. The molecule has 6 nitrogen and oxygen atoms in total. The van der Waals surface area contributed by atoms with Gasteiger partial charge in [0, 0.05) is 32.2 Å². The molecular formula is C12H17BrN6.